The number of hydrogen-bond donors (Lipinski definition) is 2. The molecule has 0 unspecified atom stereocenters. The highest BCUT2D eigenvalue weighted by Gasteiger charge is 2.70. The minimum atomic E-state index is -5.81. The van der Waals surface area contributed by atoms with E-state index in [1.165, 1.54) is 48.5 Å². The molecule has 2 aliphatic rings. The number of aromatic nitrogens is 1. The first-order valence-corrected chi connectivity index (χ1v) is 17.4. The van der Waals surface area contributed by atoms with E-state index in [1.54, 1.807) is 24.3 Å². The minimum Gasteiger partial charge on any atom is -0.478 e. The summed E-state index contributed by atoms with van der Waals surface area (Å²) in [6.45, 7) is -0.409. The SMILES string of the molecule is O=C(O)c1ccc(C[N+]2(Cc3ccc(C(=O)O)cc3)C3=CC(C(F)(F)F)(C(F)(F)F)C=CC3=C(c3c4ccccc4[nH+]c4ccccc34)c3ccccc32)cc1. The lowest BCUT2D eigenvalue weighted by atomic mass is 9.74. The van der Waals surface area contributed by atoms with Crippen molar-refractivity contribution in [2.24, 2.45) is 5.41 Å². The molecule has 56 heavy (non-hydrogen) atoms. The Hall–Kier alpha value is -6.53. The van der Waals surface area contributed by atoms with Gasteiger partial charge in [-0.1, -0.05) is 72.8 Å². The molecule has 8 rings (SSSR count). The van der Waals surface area contributed by atoms with E-state index in [4.69, 9.17) is 0 Å². The molecule has 6 nitrogen and oxygen atoms in total. The molecule has 12 heteroatoms. The number of nitrogens with zero attached hydrogens (tertiary/aromatic N) is 1. The van der Waals surface area contributed by atoms with E-state index < -0.39 is 34.2 Å². The number of pyridine rings is 1. The number of rotatable bonds is 7. The molecule has 6 aromatic rings. The number of para-hydroxylation sites is 3. The summed E-state index contributed by atoms with van der Waals surface area (Å²) < 4.78 is 90.5. The average Bonchev–Trinajstić information content (AvgIpc) is 3.17. The van der Waals surface area contributed by atoms with Crippen LogP contribution < -0.4 is 9.47 Å². The molecule has 0 amide bonds. The molecule has 1 aliphatic heterocycles. The quantitative estimate of drug-likeness (QED) is 0.0963. The van der Waals surface area contributed by atoms with E-state index in [0.717, 1.165) is 6.08 Å². The lowest BCUT2D eigenvalue weighted by molar-refractivity contribution is -0.310. The minimum absolute atomic E-state index is 0.0564. The van der Waals surface area contributed by atoms with E-state index in [1.807, 2.05) is 48.5 Å². The first-order chi connectivity index (χ1) is 26.6. The molecule has 0 atom stereocenters. The number of benzene rings is 5. The Labute approximate surface area is 315 Å². The number of aromatic amines is 1. The van der Waals surface area contributed by atoms with Gasteiger partial charge in [-0.05, 0) is 42.5 Å². The number of alkyl halides is 6. The van der Waals surface area contributed by atoms with Crippen LogP contribution in [0, 0.1) is 5.41 Å². The fourth-order valence-electron chi connectivity index (χ4n) is 8.03. The summed E-state index contributed by atoms with van der Waals surface area (Å²) in [6, 6.07) is 32.9. The number of carboxylic acid groups (broad SMARTS) is 2. The lowest BCUT2D eigenvalue weighted by Crippen LogP contribution is -2.54. The third kappa shape index (κ3) is 5.75. The van der Waals surface area contributed by atoms with Crippen LogP contribution in [0.15, 0.2) is 151 Å². The fourth-order valence-corrected chi connectivity index (χ4v) is 8.03. The van der Waals surface area contributed by atoms with Crippen LogP contribution in [-0.2, 0) is 13.1 Å². The second-order valence-corrected chi connectivity index (χ2v) is 13.9. The van der Waals surface area contributed by atoms with Crippen LogP contribution in [0.25, 0.3) is 27.4 Å². The molecule has 0 spiro atoms. The van der Waals surface area contributed by atoms with Gasteiger partial charge in [0.05, 0.1) is 21.9 Å². The van der Waals surface area contributed by atoms with Gasteiger partial charge >= 0.3 is 24.3 Å². The molecule has 0 saturated carbocycles. The molecule has 1 aliphatic carbocycles. The van der Waals surface area contributed by atoms with Gasteiger partial charge in [0.2, 0.25) is 16.4 Å². The number of nitrogens with one attached hydrogen (secondary N) is 1. The molecule has 0 bridgehead atoms. The van der Waals surface area contributed by atoms with Crippen molar-refractivity contribution >= 4 is 45.0 Å². The van der Waals surface area contributed by atoms with Crippen LogP contribution in [0.1, 0.15) is 43.0 Å². The summed E-state index contributed by atoms with van der Waals surface area (Å²) in [5, 5.41) is 20.6. The van der Waals surface area contributed by atoms with Gasteiger partial charge in [-0.25, -0.2) is 14.6 Å². The number of aromatic carboxylic acids is 2. The van der Waals surface area contributed by atoms with Gasteiger partial charge in [0.1, 0.15) is 24.5 Å². The monoisotopic (exact) mass is 764 g/mol. The van der Waals surface area contributed by atoms with Crippen LogP contribution in [0.2, 0.25) is 0 Å². The summed E-state index contributed by atoms with van der Waals surface area (Å²) >= 11 is 0. The van der Waals surface area contributed by atoms with Crippen LogP contribution in [0.5, 0.6) is 0 Å². The topological polar surface area (TPSA) is 88.7 Å². The smallest absolute Gasteiger partial charge is 0.410 e. The van der Waals surface area contributed by atoms with Crippen LogP contribution in [0.4, 0.5) is 32.0 Å². The number of carboxylic acids is 2. The first-order valence-electron chi connectivity index (χ1n) is 17.4. The maximum Gasteiger partial charge on any atom is 0.410 e. The number of H-pyrrole nitrogens is 1. The average molecular weight is 765 g/mol. The zero-order valence-electron chi connectivity index (χ0n) is 29.1. The van der Waals surface area contributed by atoms with Gasteiger partial charge in [0.15, 0.2) is 0 Å². The molecule has 2 heterocycles. The number of carbonyl (C=O) groups is 2. The van der Waals surface area contributed by atoms with Gasteiger partial charge in [-0.3, -0.25) is 4.48 Å². The standard InChI is InChI=1S/C44H28F6N2O4/c45-43(46,47)42(44(48,49)50)22-21-33-37(23-42)52(24-26-13-17-28(18-14-26)40(53)54,25-27-15-19-29(20-16-27)41(55)56)36-12-6-3-9-32(36)39(33)38-30-7-1-4-10-34(30)51-35-11-5-2-8-31(35)38/h1-23H,24-25H2,(H-,53,54,55,56)/p+2. The zero-order chi connectivity index (χ0) is 39.6. The Morgan fingerprint density at radius 3 is 1.57 bits per heavy atom. The molecule has 280 valence electrons. The van der Waals surface area contributed by atoms with E-state index in [-0.39, 0.29) is 41.6 Å². The van der Waals surface area contributed by atoms with Crippen molar-refractivity contribution in [2.75, 3.05) is 0 Å². The molecule has 5 aromatic carbocycles. The highest BCUT2D eigenvalue weighted by atomic mass is 19.4. The van der Waals surface area contributed by atoms with Crippen molar-refractivity contribution in [1.82, 2.24) is 4.48 Å². The molecular formula is C44H30F6N2O4+2. The summed E-state index contributed by atoms with van der Waals surface area (Å²) in [6.07, 6.45) is -10.2. The number of allylic oxidation sites excluding steroid dienone is 3. The number of fused-ring (bicyclic) bond motifs is 4. The predicted molar refractivity (Wildman–Crippen MR) is 198 cm³/mol. The van der Waals surface area contributed by atoms with E-state index in [9.17, 15) is 19.8 Å². The van der Waals surface area contributed by atoms with Gasteiger partial charge < -0.3 is 10.2 Å². The van der Waals surface area contributed by atoms with Crippen molar-refractivity contribution in [3.8, 4) is 0 Å². The van der Waals surface area contributed by atoms with Crippen LogP contribution in [-0.4, -0.2) is 34.5 Å². The van der Waals surface area contributed by atoms with Crippen molar-refractivity contribution < 1.29 is 51.1 Å². The Morgan fingerprint density at radius 2 is 1.09 bits per heavy atom. The van der Waals surface area contributed by atoms with Crippen molar-refractivity contribution in [3.63, 3.8) is 0 Å². The predicted octanol–water partition coefficient (Wildman–Crippen LogP) is 10.3. The molecule has 3 N–H and O–H groups in total. The number of halogens is 6. The van der Waals surface area contributed by atoms with Crippen molar-refractivity contribution in [1.29, 1.82) is 0 Å². The second-order valence-electron chi connectivity index (χ2n) is 13.9. The highest BCUT2D eigenvalue weighted by Crippen LogP contribution is 2.60. The molecular weight excluding hydrogens is 734 g/mol. The summed E-state index contributed by atoms with van der Waals surface area (Å²) in [7, 11) is 0. The summed E-state index contributed by atoms with van der Waals surface area (Å²) in [5.74, 6) is -2.42. The molecule has 0 fully saturated rings. The van der Waals surface area contributed by atoms with Crippen molar-refractivity contribution in [3.05, 3.63) is 184 Å². The number of hydrogen-bond acceptors (Lipinski definition) is 2. The molecule has 0 radical (unpaired) electrons. The van der Waals surface area contributed by atoms with Crippen LogP contribution in [0.3, 0.4) is 0 Å². The maximum absolute atomic E-state index is 15.2. The van der Waals surface area contributed by atoms with E-state index in [0.29, 0.717) is 61.4 Å². The Morgan fingerprint density at radius 1 is 0.625 bits per heavy atom. The maximum atomic E-state index is 15.2. The molecule has 1 aromatic heterocycles. The summed E-state index contributed by atoms with van der Waals surface area (Å²) in [5.41, 5.74) is -0.403. The van der Waals surface area contributed by atoms with Gasteiger partial charge in [0.25, 0.3) is 0 Å². The number of quaternary nitrogens is 1. The fraction of sp³-hybridized carbons (Fsp3) is 0.114. The lowest BCUT2D eigenvalue weighted by Gasteiger charge is -2.47. The Bertz CT molecular complexity index is 2550. The third-order valence-corrected chi connectivity index (χ3v) is 10.7. The van der Waals surface area contributed by atoms with Crippen LogP contribution >= 0.6 is 0 Å². The normalized spacial score (nSPS) is 16.0. The summed E-state index contributed by atoms with van der Waals surface area (Å²) in [4.78, 5) is 26.9. The van der Waals surface area contributed by atoms with Gasteiger partial charge in [-0.2, -0.15) is 26.3 Å². The third-order valence-electron chi connectivity index (χ3n) is 10.7. The first kappa shape index (κ1) is 36.4. The van der Waals surface area contributed by atoms with Crippen molar-refractivity contribution in [2.45, 2.75) is 25.4 Å². The zero-order valence-corrected chi connectivity index (χ0v) is 29.1. The second kappa shape index (κ2) is 13.1. The van der Waals surface area contributed by atoms with Gasteiger partial charge in [0, 0.05) is 57.7 Å². The Balaban J connectivity index is 1.53. The molecule has 0 saturated heterocycles. The highest BCUT2D eigenvalue weighted by molar-refractivity contribution is 6.10. The Kier molecular flexibility index (Phi) is 8.50. The van der Waals surface area contributed by atoms with E-state index in [2.05, 4.69) is 4.98 Å². The van der Waals surface area contributed by atoms with Gasteiger partial charge in [-0.15, -0.1) is 0 Å². The van der Waals surface area contributed by atoms with E-state index >= 15 is 26.3 Å². The largest absolute Gasteiger partial charge is 0.478 e.